The first-order valence-corrected chi connectivity index (χ1v) is 10.7. The van der Waals surface area contributed by atoms with Crippen LogP contribution >= 0.6 is 23.5 Å². The summed E-state index contributed by atoms with van der Waals surface area (Å²) in [6.45, 7) is 9.69. The van der Waals surface area contributed by atoms with E-state index in [1.54, 1.807) is 22.9 Å². The molecule has 1 aromatic heterocycles. The molecule has 0 saturated heterocycles. The molecular formula is C20H25N3OS2. The molecule has 0 bridgehead atoms. The van der Waals surface area contributed by atoms with E-state index in [0.29, 0.717) is 12.1 Å². The number of fused-ring (bicyclic) bond motifs is 2. The van der Waals surface area contributed by atoms with E-state index in [4.69, 9.17) is 0 Å². The van der Waals surface area contributed by atoms with Gasteiger partial charge in [-0.15, -0.1) is 0 Å². The smallest absolute Gasteiger partial charge is 0.291 e. The second-order valence-corrected chi connectivity index (χ2v) is 8.90. The van der Waals surface area contributed by atoms with E-state index in [-0.39, 0.29) is 5.24 Å². The fourth-order valence-electron chi connectivity index (χ4n) is 3.19. The normalized spacial score (nSPS) is 13.3. The Morgan fingerprint density at radius 1 is 1.12 bits per heavy atom. The van der Waals surface area contributed by atoms with E-state index in [1.807, 2.05) is 30.3 Å². The van der Waals surface area contributed by atoms with Crippen molar-refractivity contribution in [2.75, 3.05) is 17.2 Å². The molecule has 0 spiro atoms. The minimum absolute atomic E-state index is 0.0326. The van der Waals surface area contributed by atoms with Crippen molar-refractivity contribution in [2.24, 2.45) is 0 Å². The Labute approximate surface area is 164 Å². The van der Waals surface area contributed by atoms with Gasteiger partial charge in [0.1, 0.15) is 0 Å². The maximum Gasteiger partial charge on any atom is 0.291 e. The van der Waals surface area contributed by atoms with Gasteiger partial charge in [-0.3, -0.25) is 14.6 Å². The summed E-state index contributed by atoms with van der Waals surface area (Å²) in [6, 6.07) is 12.9. The van der Waals surface area contributed by atoms with Crippen molar-refractivity contribution >= 4 is 40.3 Å². The summed E-state index contributed by atoms with van der Waals surface area (Å²) in [5.74, 6) is 1.50. The molecule has 3 rings (SSSR count). The Bertz CT molecular complexity index is 726. The number of benzene rings is 1. The van der Waals surface area contributed by atoms with Crippen LogP contribution in [0.3, 0.4) is 0 Å². The monoisotopic (exact) mass is 387 g/mol. The van der Waals surface area contributed by atoms with Crippen LogP contribution in [0, 0.1) is 0 Å². The minimum atomic E-state index is 0.0326. The molecule has 0 aliphatic carbocycles. The number of hydrogen-bond acceptors (Lipinski definition) is 5. The summed E-state index contributed by atoms with van der Waals surface area (Å²) in [6.07, 6.45) is 1.75. The molecule has 2 heterocycles. The van der Waals surface area contributed by atoms with Crippen LogP contribution in [0.1, 0.15) is 27.7 Å². The Kier molecular flexibility index (Phi) is 6.27. The van der Waals surface area contributed by atoms with E-state index in [1.165, 1.54) is 11.8 Å². The fraction of sp³-hybridized carbons (Fsp3) is 0.400. The first-order valence-electron chi connectivity index (χ1n) is 8.93. The quantitative estimate of drug-likeness (QED) is 0.662. The van der Waals surface area contributed by atoms with E-state index in [2.05, 4.69) is 43.6 Å². The molecule has 0 atom stereocenters. The van der Waals surface area contributed by atoms with Gasteiger partial charge in [0.05, 0.1) is 10.6 Å². The van der Waals surface area contributed by atoms with Crippen molar-refractivity contribution in [1.82, 2.24) is 9.88 Å². The summed E-state index contributed by atoms with van der Waals surface area (Å²) in [7, 11) is 0. The topological polar surface area (TPSA) is 36.4 Å². The molecule has 0 unspecified atom stereocenters. The number of para-hydroxylation sites is 1. The number of carbonyl (C=O) groups excluding carboxylic acids is 1. The van der Waals surface area contributed by atoms with Crippen molar-refractivity contribution in [1.29, 1.82) is 0 Å². The molecule has 0 saturated carbocycles. The van der Waals surface area contributed by atoms with Crippen molar-refractivity contribution < 1.29 is 4.79 Å². The van der Waals surface area contributed by atoms with Gasteiger partial charge < -0.3 is 0 Å². The molecule has 1 amide bonds. The van der Waals surface area contributed by atoms with Crippen LogP contribution < -0.4 is 4.90 Å². The summed E-state index contributed by atoms with van der Waals surface area (Å²) >= 11 is 3.04. The molecule has 4 nitrogen and oxygen atoms in total. The fourth-order valence-corrected chi connectivity index (χ4v) is 5.01. The predicted octanol–water partition coefficient (Wildman–Crippen LogP) is 5.66. The summed E-state index contributed by atoms with van der Waals surface area (Å²) in [4.78, 5) is 23.8. The first-order chi connectivity index (χ1) is 12.5. The zero-order valence-corrected chi connectivity index (χ0v) is 17.3. The van der Waals surface area contributed by atoms with Gasteiger partial charge in [0.25, 0.3) is 5.24 Å². The highest BCUT2D eigenvalue weighted by Gasteiger charge is 2.29. The largest absolute Gasteiger partial charge is 0.298 e. The summed E-state index contributed by atoms with van der Waals surface area (Å²) in [5.41, 5.74) is 0.922. The van der Waals surface area contributed by atoms with Crippen LogP contribution in [0.5, 0.6) is 0 Å². The predicted molar refractivity (Wildman–Crippen MR) is 112 cm³/mol. The van der Waals surface area contributed by atoms with Crippen LogP contribution in [-0.2, 0) is 0 Å². The number of aromatic nitrogens is 1. The molecule has 1 aromatic carbocycles. The molecule has 0 fully saturated rings. The third kappa shape index (κ3) is 4.08. The average Bonchev–Trinajstić information content (AvgIpc) is 2.62. The maximum atomic E-state index is 13.1. The van der Waals surface area contributed by atoms with Gasteiger partial charge in [-0.25, -0.2) is 4.98 Å². The number of anilines is 2. The summed E-state index contributed by atoms with van der Waals surface area (Å²) < 4.78 is 0. The van der Waals surface area contributed by atoms with E-state index in [9.17, 15) is 4.79 Å². The van der Waals surface area contributed by atoms with Gasteiger partial charge in [-0.2, -0.15) is 0 Å². The maximum absolute atomic E-state index is 13.1. The molecular weight excluding hydrogens is 362 g/mol. The zero-order chi connectivity index (χ0) is 18.7. The Morgan fingerprint density at radius 3 is 2.54 bits per heavy atom. The number of carbonyl (C=O) groups is 1. The molecule has 1 aliphatic rings. The first kappa shape index (κ1) is 19.3. The molecule has 0 N–H and O–H groups in total. The van der Waals surface area contributed by atoms with Gasteiger partial charge >= 0.3 is 0 Å². The van der Waals surface area contributed by atoms with Crippen molar-refractivity contribution in [3.63, 3.8) is 0 Å². The number of pyridine rings is 1. The number of nitrogens with zero attached hydrogens (tertiary/aromatic N) is 3. The van der Waals surface area contributed by atoms with Crippen LogP contribution in [0.4, 0.5) is 16.3 Å². The van der Waals surface area contributed by atoms with E-state index in [0.717, 1.165) is 33.6 Å². The number of thioether (sulfide) groups is 1. The van der Waals surface area contributed by atoms with E-state index < -0.39 is 0 Å². The van der Waals surface area contributed by atoms with Gasteiger partial charge in [-0.1, -0.05) is 35.7 Å². The number of hydrogen-bond donors (Lipinski definition) is 0. The highest BCUT2D eigenvalue weighted by molar-refractivity contribution is 8.14. The molecule has 1 aliphatic heterocycles. The molecule has 138 valence electrons. The molecule has 2 aromatic rings. The third-order valence-corrected chi connectivity index (χ3v) is 6.29. The lowest BCUT2D eigenvalue weighted by molar-refractivity contribution is 0.187. The lowest BCUT2D eigenvalue weighted by Gasteiger charge is -2.31. The Hall–Kier alpha value is -1.50. The lowest BCUT2D eigenvalue weighted by Crippen LogP contribution is -2.39. The van der Waals surface area contributed by atoms with Gasteiger partial charge in [-0.05, 0) is 52.0 Å². The molecule has 0 radical (unpaired) electrons. The average molecular weight is 388 g/mol. The molecule has 26 heavy (non-hydrogen) atoms. The highest BCUT2D eigenvalue weighted by atomic mass is 32.2. The highest BCUT2D eigenvalue weighted by Crippen LogP contribution is 2.47. The third-order valence-electron chi connectivity index (χ3n) is 4.37. The van der Waals surface area contributed by atoms with Gasteiger partial charge in [0, 0.05) is 35.5 Å². The van der Waals surface area contributed by atoms with Gasteiger partial charge in [0.15, 0.2) is 5.82 Å². The Morgan fingerprint density at radius 2 is 1.81 bits per heavy atom. The SMILES string of the molecule is CC(C)N(CCSC(=O)N1c2ccccc2Sc2cccnc21)C(C)C. The van der Waals surface area contributed by atoms with Crippen molar-refractivity contribution in [3.05, 3.63) is 42.6 Å². The van der Waals surface area contributed by atoms with Crippen LogP contribution in [0.2, 0.25) is 0 Å². The van der Waals surface area contributed by atoms with Crippen molar-refractivity contribution in [3.8, 4) is 0 Å². The second kappa shape index (κ2) is 8.46. The minimum Gasteiger partial charge on any atom is -0.298 e. The zero-order valence-electron chi connectivity index (χ0n) is 15.7. The molecule has 6 heteroatoms. The second-order valence-electron chi connectivity index (χ2n) is 6.77. The van der Waals surface area contributed by atoms with Crippen LogP contribution in [0.25, 0.3) is 0 Å². The van der Waals surface area contributed by atoms with Gasteiger partial charge in [0.2, 0.25) is 0 Å². The summed E-state index contributed by atoms with van der Waals surface area (Å²) in [5, 5.41) is 0.0326. The van der Waals surface area contributed by atoms with Crippen LogP contribution in [0.15, 0.2) is 52.4 Å². The van der Waals surface area contributed by atoms with E-state index >= 15 is 0 Å². The number of amides is 1. The van der Waals surface area contributed by atoms with Crippen molar-refractivity contribution in [2.45, 2.75) is 49.6 Å². The Balaban J connectivity index is 1.77. The lowest BCUT2D eigenvalue weighted by atomic mass is 10.2. The standard InChI is InChI=1S/C20H25N3OS2/c1-14(2)22(15(3)4)12-13-25-20(24)23-16-8-5-6-9-17(16)26-18-10-7-11-21-19(18)23/h5-11,14-15H,12-13H2,1-4H3. The number of rotatable bonds is 5. The van der Waals surface area contributed by atoms with Crippen LogP contribution in [-0.4, -0.2) is 39.5 Å².